The highest BCUT2D eigenvalue weighted by atomic mass is 16.5. The average Bonchev–Trinajstić information content (AvgIpc) is 2.47. The Balaban J connectivity index is 2.79. The van der Waals surface area contributed by atoms with Gasteiger partial charge in [0.1, 0.15) is 5.75 Å². The van der Waals surface area contributed by atoms with Crippen LogP contribution < -0.4 is 4.74 Å². The lowest BCUT2D eigenvalue weighted by Crippen LogP contribution is -2.13. The molecule has 1 rings (SSSR count). The minimum Gasteiger partial charge on any atom is -0.492 e. The van der Waals surface area contributed by atoms with Crippen LogP contribution in [0.4, 0.5) is 0 Å². The van der Waals surface area contributed by atoms with Gasteiger partial charge in [-0.2, -0.15) is 5.26 Å². The van der Waals surface area contributed by atoms with Crippen LogP contribution in [0.2, 0.25) is 0 Å². The number of nitriles is 1. The van der Waals surface area contributed by atoms with Gasteiger partial charge in [-0.05, 0) is 37.5 Å². The molecule has 0 radical (unpaired) electrons. The van der Waals surface area contributed by atoms with Crippen molar-refractivity contribution in [3.8, 4) is 11.8 Å². The van der Waals surface area contributed by atoms with Crippen molar-refractivity contribution < 1.29 is 9.53 Å². The van der Waals surface area contributed by atoms with Gasteiger partial charge in [0.25, 0.3) is 0 Å². The van der Waals surface area contributed by atoms with E-state index in [1.807, 2.05) is 0 Å². The van der Waals surface area contributed by atoms with Gasteiger partial charge in [-0.1, -0.05) is 33.1 Å². The average molecular weight is 273 g/mol. The van der Waals surface area contributed by atoms with Crippen LogP contribution in [-0.4, -0.2) is 12.4 Å². The Morgan fingerprint density at radius 1 is 1.40 bits per heavy atom. The van der Waals surface area contributed by atoms with E-state index in [0.717, 1.165) is 12.8 Å². The zero-order valence-electron chi connectivity index (χ0n) is 12.6. The molecule has 0 N–H and O–H groups in total. The Hall–Kier alpha value is -1.82. The minimum absolute atomic E-state index is 0.0360. The third kappa shape index (κ3) is 4.70. The molecule has 20 heavy (non-hydrogen) atoms. The quantitative estimate of drug-likeness (QED) is 0.661. The number of Topliss-reactive ketones (excluding diaryl/α,β-unsaturated/α-hetero) is 1. The molecule has 0 aromatic heterocycles. The smallest absolute Gasteiger partial charge is 0.163 e. The molecule has 3 heteroatoms. The standard InChI is InChI=1S/C17H23NO2/c1-4-6-7-14(5-2)12-20-17-10-15(11-18)8-9-16(17)13(3)19/h8-10,14H,4-7,12H2,1-3H3. The molecule has 0 saturated heterocycles. The monoisotopic (exact) mass is 273 g/mol. The zero-order valence-corrected chi connectivity index (χ0v) is 12.6. The summed E-state index contributed by atoms with van der Waals surface area (Å²) in [5, 5.41) is 8.94. The van der Waals surface area contributed by atoms with Crippen molar-refractivity contribution in [2.75, 3.05) is 6.61 Å². The summed E-state index contributed by atoms with van der Waals surface area (Å²) < 4.78 is 5.82. The highest BCUT2D eigenvalue weighted by Gasteiger charge is 2.12. The number of ether oxygens (including phenoxy) is 1. The van der Waals surface area contributed by atoms with Crippen LogP contribution in [0.25, 0.3) is 0 Å². The molecule has 0 aliphatic rings. The van der Waals surface area contributed by atoms with Crippen LogP contribution in [-0.2, 0) is 0 Å². The Morgan fingerprint density at radius 3 is 2.70 bits per heavy atom. The van der Waals surface area contributed by atoms with Crippen molar-refractivity contribution in [2.24, 2.45) is 5.92 Å². The summed E-state index contributed by atoms with van der Waals surface area (Å²) in [6.07, 6.45) is 4.58. The number of nitrogens with zero attached hydrogens (tertiary/aromatic N) is 1. The van der Waals surface area contributed by atoms with Gasteiger partial charge >= 0.3 is 0 Å². The molecule has 1 aromatic carbocycles. The van der Waals surface area contributed by atoms with Crippen molar-refractivity contribution in [1.29, 1.82) is 5.26 Å². The molecule has 0 heterocycles. The second kappa shape index (κ2) is 8.37. The SMILES string of the molecule is CCCCC(CC)COc1cc(C#N)ccc1C(C)=O. The molecule has 1 aromatic rings. The molecule has 0 saturated carbocycles. The third-order valence-corrected chi connectivity index (χ3v) is 3.51. The maximum Gasteiger partial charge on any atom is 0.163 e. The summed E-state index contributed by atoms with van der Waals surface area (Å²) in [5.41, 5.74) is 1.07. The van der Waals surface area contributed by atoms with Gasteiger partial charge in [0.05, 0.1) is 23.8 Å². The molecule has 0 spiro atoms. The molecule has 3 nitrogen and oxygen atoms in total. The van der Waals surface area contributed by atoms with Crippen LogP contribution in [0.5, 0.6) is 5.75 Å². The van der Waals surface area contributed by atoms with Gasteiger partial charge in [-0.15, -0.1) is 0 Å². The first-order chi connectivity index (χ1) is 9.62. The number of hydrogen-bond donors (Lipinski definition) is 0. The third-order valence-electron chi connectivity index (χ3n) is 3.51. The van der Waals surface area contributed by atoms with E-state index in [-0.39, 0.29) is 5.78 Å². The van der Waals surface area contributed by atoms with Gasteiger partial charge in [-0.3, -0.25) is 4.79 Å². The van der Waals surface area contributed by atoms with Crippen molar-refractivity contribution in [3.63, 3.8) is 0 Å². The predicted octanol–water partition coefficient (Wildman–Crippen LogP) is 4.36. The van der Waals surface area contributed by atoms with Crippen molar-refractivity contribution >= 4 is 5.78 Å². The Kier molecular flexibility index (Phi) is 6.79. The lowest BCUT2D eigenvalue weighted by Gasteiger charge is -2.17. The molecule has 1 unspecified atom stereocenters. The normalized spacial score (nSPS) is 11.7. The summed E-state index contributed by atoms with van der Waals surface area (Å²) in [6, 6.07) is 7.05. The Bertz CT molecular complexity index is 488. The van der Waals surface area contributed by atoms with E-state index in [1.165, 1.54) is 19.8 Å². The molecule has 108 valence electrons. The van der Waals surface area contributed by atoms with E-state index >= 15 is 0 Å². The van der Waals surface area contributed by atoms with Crippen LogP contribution in [0.1, 0.15) is 62.4 Å². The van der Waals surface area contributed by atoms with Gasteiger partial charge in [-0.25, -0.2) is 0 Å². The fourth-order valence-corrected chi connectivity index (χ4v) is 2.11. The van der Waals surface area contributed by atoms with Gasteiger partial charge < -0.3 is 4.74 Å². The first kappa shape index (κ1) is 16.2. The maximum absolute atomic E-state index is 11.6. The molecule has 0 aliphatic carbocycles. The van der Waals surface area contributed by atoms with Crippen LogP contribution >= 0.6 is 0 Å². The van der Waals surface area contributed by atoms with Crippen molar-refractivity contribution in [2.45, 2.75) is 46.5 Å². The molecule has 1 atom stereocenters. The lowest BCUT2D eigenvalue weighted by atomic mass is 10.0. The molecule has 0 amide bonds. The van der Waals surface area contributed by atoms with Crippen LogP contribution in [0, 0.1) is 17.2 Å². The summed E-state index contributed by atoms with van der Waals surface area (Å²) in [4.78, 5) is 11.6. The number of carbonyl (C=O) groups is 1. The topological polar surface area (TPSA) is 50.1 Å². The van der Waals surface area contributed by atoms with Crippen LogP contribution in [0.15, 0.2) is 18.2 Å². The predicted molar refractivity (Wildman–Crippen MR) is 80.0 cm³/mol. The Morgan fingerprint density at radius 2 is 2.15 bits per heavy atom. The maximum atomic E-state index is 11.6. The largest absolute Gasteiger partial charge is 0.492 e. The first-order valence-corrected chi connectivity index (χ1v) is 7.30. The molecular weight excluding hydrogens is 250 g/mol. The molecule has 0 fully saturated rings. The summed E-state index contributed by atoms with van der Waals surface area (Å²) >= 11 is 0. The van der Waals surface area contributed by atoms with E-state index in [1.54, 1.807) is 18.2 Å². The number of ketones is 1. The van der Waals surface area contributed by atoms with Crippen molar-refractivity contribution in [1.82, 2.24) is 0 Å². The number of rotatable bonds is 8. The second-order valence-corrected chi connectivity index (χ2v) is 5.11. The highest BCUT2D eigenvalue weighted by molar-refractivity contribution is 5.97. The fourth-order valence-electron chi connectivity index (χ4n) is 2.11. The van der Waals surface area contributed by atoms with Gasteiger partial charge in [0.15, 0.2) is 5.78 Å². The number of benzene rings is 1. The number of carbonyl (C=O) groups excluding carboxylic acids is 1. The highest BCUT2D eigenvalue weighted by Crippen LogP contribution is 2.23. The summed E-state index contributed by atoms with van der Waals surface area (Å²) in [5.74, 6) is 0.998. The van der Waals surface area contributed by atoms with Crippen LogP contribution in [0.3, 0.4) is 0 Å². The summed E-state index contributed by atoms with van der Waals surface area (Å²) in [7, 11) is 0. The molecular formula is C17H23NO2. The first-order valence-electron chi connectivity index (χ1n) is 7.30. The number of hydrogen-bond acceptors (Lipinski definition) is 3. The van der Waals surface area contributed by atoms with Gasteiger partial charge in [0.2, 0.25) is 0 Å². The minimum atomic E-state index is -0.0360. The van der Waals surface area contributed by atoms with E-state index < -0.39 is 0 Å². The van der Waals surface area contributed by atoms with Crippen molar-refractivity contribution in [3.05, 3.63) is 29.3 Å². The van der Waals surface area contributed by atoms with E-state index in [4.69, 9.17) is 10.00 Å². The van der Waals surface area contributed by atoms with Gasteiger partial charge in [0, 0.05) is 0 Å². The van der Waals surface area contributed by atoms with E-state index in [2.05, 4.69) is 19.9 Å². The summed E-state index contributed by atoms with van der Waals surface area (Å²) in [6.45, 7) is 6.45. The lowest BCUT2D eigenvalue weighted by molar-refractivity contribution is 0.101. The Labute approximate surface area is 121 Å². The van der Waals surface area contributed by atoms with E-state index in [0.29, 0.717) is 29.4 Å². The van der Waals surface area contributed by atoms with E-state index in [9.17, 15) is 4.79 Å². The molecule has 0 bridgehead atoms. The second-order valence-electron chi connectivity index (χ2n) is 5.11. The fraction of sp³-hybridized carbons (Fsp3) is 0.529. The zero-order chi connectivity index (χ0) is 15.0. The number of unbranched alkanes of at least 4 members (excludes halogenated alkanes) is 1. The molecule has 0 aliphatic heterocycles.